The minimum atomic E-state index is -0.341. The number of para-hydroxylation sites is 2. The van der Waals surface area contributed by atoms with Gasteiger partial charge in [0.1, 0.15) is 11.9 Å². The van der Waals surface area contributed by atoms with Gasteiger partial charge in [-0.15, -0.1) is 0 Å². The molecular weight excluding hydrogens is 328 g/mol. The van der Waals surface area contributed by atoms with Crippen molar-refractivity contribution in [2.24, 2.45) is 0 Å². The summed E-state index contributed by atoms with van der Waals surface area (Å²) in [5, 5.41) is 3.25. The lowest BCUT2D eigenvalue weighted by Gasteiger charge is -2.36. The Balaban J connectivity index is 1.59. The quantitative estimate of drug-likeness (QED) is 0.917. The maximum atomic E-state index is 12.9. The lowest BCUT2D eigenvalue weighted by atomic mass is 9.96. The Morgan fingerprint density at radius 2 is 2.19 bits per heavy atom. The Kier molecular flexibility index (Phi) is 4.96. The summed E-state index contributed by atoms with van der Waals surface area (Å²) < 4.78 is 8.01. The molecule has 2 fully saturated rings. The average Bonchev–Trinajstić information content (AvgIpc) is 3.08. The maximum absolute atomic E-state index is 12.9. The first-order valence-electron chi connectivity index (χ1n) is 9.73. The molecule has 2 aliphatic rings. The number of carbonyl (C=O) groups excluding carboxylic acids is 1. The van der Waals surface area contributed by atoms with Crippen LogP contribution in [0.15, 0.2) is 24.3 Å². The number of fused-ring (bicyclic) bond motifs is 1. The number of aromatic nitrogens is 2. The summed E-state index contributed by atoms with van der Waals surface area (Å²) in [6.07, 6.45) is 1.74. The normalized spacial score (nSPS) is 24.3. The molecule has 6 heteroatoms. The van der Waals surface area contributed by atoms with Crippen molar-refractivity contribution < 1.29 is 9.53 Å². The van der Waals surface area contributed by atoms with Gasteiger partial charge in [0, 0.05) is 38.1 Å². The van der Waals surface area contributed by atoms with Crippen molar-refractivity contribution in [3.05, 3.63) is 30.1 Å². The average molecular weight is 356 g/mol. The van der Waals surface area contributed by atoms with E-state index in [0.29, 0.717) is 19.2 Å². The van der Waals surface area contributed by atoms with Crippen molar-refractivity contribution in [1.29, 1.82) is 0 Å². The molecule has 2 atom stereocenters. The number of morpholine rings is 1. The van der Waals surface area contributed by atoms with E-state index in [4.69, 9.17) is 9.72 Å². The molecule has 26 heavy (non-hydrogen) atoms. The summed E-state index contributed by atoms with van der Waals surface area (Å²) >= 11 is 0. The zero-order chi connectivity index (χ0) is 18.1. The van der Waals surface area contributed by atoms with Crippen molar-refractivity contribution >= 4 is 16.9 Å². The zero-order valence-electron chi connectivity index (χ0n) is 15.6. The zero-order valence-corrected chi connectivity index (χ0v) is 15.6. The fourth-order valence-corrected chi connectivity index (χ4v) is 4.21. The van der Waals surface area contributed by atoms with Crippen LogP contribution in [0.2, 0.25) is 0 Å². The monoisotopic (exact) mass is 356 g/mol. The van der Waals surface area contributed by atoms with Crippen LogP contribution in [0.25, 0.3) is 11.0 Å². The van der Waals surface area contributed by atoms with E-state index >= 15 is 0 Å². The van der Waals surface area contributed by atoms with E-state index in [1.807, 2.05) is 11.0 Å². The summed E-state index contributed by atoms with van der Waals surface area (Å²) in [7, 11) is 0. The molecule has 0 saturated carbocycles. The van der Waals surface area contributed by atoms with Gasteiger partial charge in [-0.25, -0.2) is 4.98 Å². The Labute approximate surface area is 154 Å². The Bertz CT molecular complexity index is 779. The summed E-state index contributed by atoms with van der Waals surface area (Å²) in [5.74, 6) is 1.51. The third-order valence-corrected chi connectivity index (χ3v) is 5.44. The largest absolute Gasteiger partial charge is 0.366 e. The number of benzene rings is 1. The molecule has 0 bridgehead atoms. The molecule has 0 unspecified atom stereocenters. The number of piperidine rings is 1. The number of rotatable bonds is 3. The minimum Gasteiger partial charge on any atom is -0.366 e. The van der Waals surface area contributed by atoms with Crippen LogP contribution in [-0.2, 0) is 9.53 Å². The van der Waals surface area contributed by atoms with E-state index in [-0.39, 0.29) is 17.9 Å². The van der Waals surface area contributed by atoms with E-state index in [1.54, 1.807) is 0 Å². The molecule has 1 amide bonds. The van der Waals surface area contributed by atoms with Gasteiger partial charge in [-0.3, -0.25) is 4.79 Å². The van der Waals surface area contributed by atoms with Gasteiger partial charge in [0.2, 0.25) is 0 Å². The number of ether oxygens (including phenoxy) is 1. The molecule has 1 aromatic heterocycles. The SMILES string of the molecule is CC(C)n1c([C@H]2CCCN(C(=O)[C@H]3CNCCO3)C2)nc2ccccc21. The van der Waals surface area contributed by atoms with Gasteiger partial charge < -0.3 is 19.5 Å². The van der Waals surface area contributed by atoms with Crippen molar-refractivity contribution in [1.82, 2.24) is 19.8 Å². The second kappa shape index (κ2) is 7.37. The number of hydrogen-bond acceptors (Lipinski definition) is 4. The first-order valence-corrected chi connectivity index (χ1v) is 9.73. The number of likely N-dealkylation sites (tertiary alicyclic amines) is 1. The van der Waals surface area contributed by atoms with E-state index in [1.165, 1.54) is 5.52 Å². The van der Waals surface area contributed by atoms with Crippen LogP contribution in [0.1, 0.15) is 44.5 Å². The van der Waals surface area contributed by atoms with Crippen LogP contribution < -0.4 is 5.32 Å². The molecule has 4 rings (SSSR count). The highest BCUT2D eigenvalue weighted by atomic mass is 16.5. The summed E-state index contributed by atoms with van der Waals surface area (Å²) in [4.78, 5) is 19.8. The van der Waals surface area contributed by atoms with Crippen LogP contribution >= 0.6 is 0 Å². The molecule has 1 aromatic carbocycles. The van der Waals surface area contributed by atoms with E-state index < -0.39 is 0 Å². The van der Waals surface area contributed by atoms with E-state index in [9.17, 15) is 4.79 Å². The van der Waals surface area contributed by atoms with Gasteiger partial charge in [-0.05, 0) is 38.8 Å². The van der Waals surface area contributed by atoms with Crippen LogP contribution in [-0.4, -0.2) is 59.2 Å². The topological polar surface area (TPSA) is 59.4 Å². The predicted molar refractivity (Wildman–Crippen MR) is 101 cm³/mol. The Morgan fingerprint density at radius 1 is 1.35 bits per heavy atom. The van der Waals surface area contributed by atoms with Crippen LogP contribution in [0.4, 0.5) is 0 Å². The molecule has 2 aliphatic heterocycles. The highest BCUT2D eigenvalue weighted by Gasteiger charge is 2.33. The fraction of sp³-hybridized carbons (Fsp3) is 0.600. The number of nitrogens with zero attached hydrogens (tertiary/aromatic N) is 3. The summed E-state index contributed by atoms with van der Waals surface area (Å²) in [5.41, 5.74) is 2.22. The first kappa shape index (κ1) is 17.5. The minimum absolute atomic E-state index is 0.120. The smallest absolute Gasteiger partial charge is 0.253 e. The molecule has 3 heterocycles. The van der Waals surface area contributed by atoms with E-state index in [2.05, 4.69) is 41.9 Å². The fourth-order valence-electron chi connectivity index (χ4n) is 4.21. The second-order valence-corrected chi connectivity index (χ2v) is 7.61. The summed E-state index contributed by atoms with van der Waals surface area (Å²) in [6, 6.07) is 8.66. The number of imidazole rings is 1. The van der Waals surface area contributed by atoms with Gasteiger partial charge >= 0.3 is 0 Å². The van der Waals surface area contributed by atoms with Crippen LogP contribution in [0, 0.1) is 0 Å². The lowest BCUT2D eigenvalue weighted by molar-refractivity contribution is -0.146. The summed E-state index contributed by atoms with van der Waals surface area (Å²) in [6.45, 7) is 7.99. The van der Waals surface area contributed by atoms with Gasteiger partial charge in [-0.2, -0.15) is 0 Å². The Hall–Kier alpha value is -1.92. The number of hydrogen-bond donors (Lipinski definition) is 1. The third-order valence-electron chi connectivity index (χ3n) is 5.44. The molecule has 2 aromatic rings. The molecule has 0 aliphatic carbocycles. The number of carbonyl (C=O) groups is 1. The highest BCUT2D eigenvalue weighted by Crippen LogP contribution is 2.31. The van der Waals surface area contributed by atoms with Crippen molar-refractivity contribution in [2.45, 2.75) is 44.8 Å². The number of amides is 1. The lowest BCUT2D eigenvalue weighted by Crippen LogP contribution is -2.51. The van der Waals surface area contributed by atoms with Crippen LogP contribution in [0.5, 0.6) is 0 Å². The molecule has 0 spiro atoms. The molecule has 2 saturated heterocycles. The first-order chi connectivity index (χ1) is 12.6. The van der Waals surface area contributed by atoms with Gasteiger partial charge in [0.05, 0.1) is 17.6 Å². The standard InChI is InChI=1S/C20H28N4O2/c1-14(2)24-17-8-4-3-7-16(17)22-19(24)15-6-5-10-23(13-15)20(25)18-12-21-9-11-26-18/h3-4,7-8,14-15,18,21H,5-6,9-13H2,1-2H3/t15-,18+/m0/s1. The van der Waals surface area contributed by atoms with Gasteiger partial charge in [0.25, 0.3) is 5.91 Å². The Morgan fingerprint density at radius 3 is 2.96 bits per heavy atom. The maximum Gasteiger partial charge on any atom is 0.253 e. The molecule has 140 valence electrons. The third kappa shape index (κ3) is 3.23. The predicted octanol–water partition coefficient (Wildman–Crippen LogP) is 2.31. The number of nitrogens with one attached hydrogen (secondary N) is 1. The van der Waals surface area contributed by atoms with E-state index in [0.717, 1.165) is 43.8 Å². The van der Waals surface area contributed by atoms with Crippen molar-refractivity contribution in [3.8, 4) is 0 Å². The van der Waals surface area contributed by atoms with Gasteiger partial charge in [0.15, 0.2) is 0 Å². The van der Waals surface area contributed by atoms with Gasteiger partial charge in [-0.1, -0.05) is 12.1 Å². The highest BCUT2D eigenvalue weighted by molar-refractivity contribution is 5.81. The molecule has 0 radical (unpaired) electrons. The second-order valence-electron chi connectivity index (χ2n) is 7.61. The molecule has 6 nitrogen and oxygen atoms in total. The molecular formula is C20H28N4O2. The molecule has 1 N–H and O–H groups in total. The van der Waals surface area contributed by atoms with Crippen molar-refractivity contribution in [2.75, 3.05) is 32.8 Å². The van der Waals surface area contributed by atoms with Crippen molar-refractivity contribution in [3.63, 3.8) is 0 Å². The van der Waals surface area contributed by atoms with Crippen LogP contribution in [0.3, 0.4) is 0 Å².